The molecule has 0 atom stereocenters. The van der Waals surface area contributed by atoms with Crippen molar-refractivity contribution < 1.29 is 14.7 Å². The maximum atomic E-state index is 11.6. The van der Waals surface area contributed by atoms with Crippen molar-refractivity contribution in [3.63, 3.8) is 0 Å². The summed E-state index contributed by atoms with van der Waals surface area (Å²) in [6, 6.07) is 4.47. The van der Waals surface area contributed by atoms with Crippen LogP contribution in [0.2, 0.25) is 0 Å². The van der Waals surface area contributed by atoms with Crippen molar-refractivity contribution >= 4 is 17.5 Å². The molecule has 1 aromatic carbocycles. The largest absolute Gasteiger partial charge is 0.505 e. The fourth-order valence-corrected chi connectivity index (χ4v) is 1.15. The van der Waals surface area contributed by atoms with Gasteiger partial charge < -0.3 is 21.1 Å². The molecule has 0 aliphatic rings. The third-order valence-electron chi connectivity index (χ3n) is 2.21. The Hall–Kier alpha value is -2.24. The van der Waals surface area contributed by atoms with Crippen LogP contribution < -0.4 is 11.1 Å². The van der Waals surface area contributed by atoms with Crippen LogP contribution in [0.4, 0.5) is 5.69 Å². The lowest BCUT2D eigenvalue weighted by molar-refractivity contribution is -0.127. The van der Waals surface area contributed by atoms with E-state index in [1.54, 1.807) is 20.2 Å². The summed E-state index contributed by atoms with van der Waals surface area (Å²) >= 11 is 0. The monoisotopic (exact) mass is 237 g/mol. The maximum absolute atomic E-state index is 11.6. The third-order valence-corrected chi connectivity index (χ3v) is 2.21. The second-order valence-corrected chi connectivity index (χ2v) is 3.71. The predicted octanol–water partition coefficient (Wildman–Crippen LogP) is -0.208. The number of hydrogen-bond acceptors (Lipinski definition) is 4. The van der Waals surface area contributed by atoms with Crippen LogP contribution in [0.25, 0.3) is 0 Å². The van der Waals surface area contributed by atoms with Gasteiger partial charge in [-0.25, -0.2) is 0 Å². The van der Waals surface area contributed by atoms with Crippen LogP contribution in [-0.2, 0) is 4.79 Å². The molecule has 0 saturated carbocycles. The molecule has 1 rings (SSSR count). The molecule has 0 spiro atoms. The van der Waals surface area contributed by atoms with Gasteiger partial charge in [-0.2, -0.15) is 0 Å². The second-order valence-electron chi connectivity index (χ2n) is 3.71. The Bertz CT molecular complexity index is 444. The minimum absolute atomic E-state index is 0.0524. The molecular formula is C11H15N3O3. The Labute approximate surface area is 99.0 Å². The van der Waals surface area contributed by atoms with Crippen LogP contribution in [0.3, 0.4) is 0 Å². The molecule has 0 aromatic heterocycles. The van der Waals surface area contributed by atoms with Crippen molar-refractivity contribution in [2.45, 2.75) is 0 Å². The van der Waals surface area contributed by atoms with E-state index < -0.39 is 5.91 Å². The van der Waals surface area contributed by atoms with Gasteiger partial charge in [0.25, 0.3) is 5.91 Å². The third kappa shape index (κ3) is 3.10. The maximum Gasteiger partial charge on any atom is 0.255 e. The number of phenolic OH excluding ortho intramolecular Hbond substituents is 1. The predicted molar refractivity (Wildman–Crippen MR) is 63.5 cm³/mol. The number of nitrogens with one attached hydrogen (secondary N) is 1. The topological polar surface area (TPSA) is 95.7 Å². The van der Waals surface area contributed by atoms with Gasteiger partial charge in [0, 0.05) is 14.1 Å². The number of likely N-dealkylation sites (N-methyl/N-ethyl adjacent to an activating group) is 1. The van der Waals surface area contributed by atoms with Gasteiger partial charge in [0.05, 0.1) is 17.8 Å². The SMILES string of the molecule is CN(C)C(=O)CNC(=O)c1cccc(N)c1O. The highest BCUT2D eigenvalue weighted by Gasteiger charge is 2.14. The number of phenols is 1. The highest BCUT2D eigenvalue weighted by Crippen LogP contribution is 2.23. The van der Waals surface area contributed by atoms with Crippen molar-refractivity contribution in [1.29, 1.82) is 0 Å². The molecule has 0 radical (unpaired) electrons. The van der Waals surface area contributed by atoms with Gasteiger partial charge in [-0.05, 0) is 12.1 Å². The first kappa shape index (κ1) is 12.8. The first-order chi connectivity index (χ1) is 7.93. The number of rotatable bonds is 3. The van der Waals surface area contributed by atoms with Gasteiger partial charge in [-0.15, -0.1) is 0 Å². The van der Waals surface area contributed by atoms with Gasteiger partial charge in [-0.1, -0.05) is 6.07 Å². The molecular weight excluding hydrogens is 222 g/mol. The van der Waals surface area contributed by atoms with E-state index in [-0.39, 0.29) is 29.5 Å². The van der Waals surface area contributed by atoms with Crippen LogP contribution in [0.1, 0.15) is 10.4 Å². The van der Waals surface area contributed by atoms with E-state index in [2.05, 4.69) is 5.32 Å². The molecule has 1 aromatic rings. The highest BCUT2D eigenvalue weighted by atomic mass is 16.3. The Kier molecular flexibility index (Phi) is 3.92. The van der Waals surface area contributed by atoms with Crippen molar-refractivity contribution in [1.82, 2.24) is 10.2 Å². The summed E-state index contributed by atoms with van der Waals surface area (Å²) in [5.41, 5.74) is 5.63. The molecule has 0 bridgehead atoms. The molecule has 0 aliphatic heterocycles. The first-order valence-electron chi connectivity index (χ1n) is 4.99. The quantitative estimate of drug-likeness (QED) is 0.501. The number of carbonyl (C=O) groups excluding carboxylic acids is 2. The van der Waals surface area contributed by atoms with Crippen molar-refractivity contribution in [2.24, 2.45) is 0 Å². The summed E-state index contributed by atoms with van der Waals surface area (Å²) in [6.07, 6.45) is 0. The Morgan fingerprint density at radius 1 is 1.41 bits per heavy atom. The molecule has 0 saturated heterocycles. The van der Waals surface area contributed by atoms with Crippen molar-refractivity contribution in [3.05, 3.63) is 23.8 Å². The number of nitrogen functional groups attached to an aromatic ring is 1. The van der Waals surface area contributed by atoms with E-state index >= 15 is 0 Å². The van der Waals surface area contributed by atoms with Gasteiger partial charge in [-0.3, -0.25) is 9.59 Å². The molecule has 0 aliphatic carbocycles. The van der Waals surface area contributed by atoms with Gasteiger partial charge in [0.15, 0.2) is 5.75 Å². The van der Waals surface area contributed by atoms with Crippen LogP contribution >= 0.6 is 0 Å². The highest BCUT2D eigenvalue weighted by molar-refractivity contribution is 6.00. The van der Waals surface area contributed by atoms with Crippen LogP contribution in [0.15, 0.2) is 18.2 Å². The zero-order chi connectivity index (χ0) is 13.0. The zero-order valence-corrected chi connectivity index (χ0v) is 9.73. The minimum Gasteiger partial charge on any atom is -0.505 e. The number of aromatic hydroxyl groups is 1. The standard InChI is InChI=1S/C11H15N3O3/c1-14(2)9(15)6-13-11(17)7-4-3-5-8(12)10(7)16/h3-5,16H,6,12H2,1-2H3,(H,13,17). The van der Waals surface area contributed by atoms with Crippen LogP contribution in [-0.4, -0.2) is 42.5 Å². The minimum atomic E-state index is -0.537. The lowest BCUT2D eigenvalue weighted by Crippen LogP contribution is -2.36. The zero-order valence-electron chi connectivity index (χ0n) is 9.73. The fourth-order valence-electron chi connectivity index (χ4n) is 1.15. The number of anilines is 1. The number of nitrogens with zero attached hydrogens (tertiary/aromatic N) is 1. The Balaban J connectivity index is 2.71. The summed E-state index contributed by atoms with van der Waals surface area (Å²) < 4.78 is 0. The smallest absolute Gasteiger partial charge is 0.255 e. The summed E-state index contributed by atoms with van der Waals surface area (Å²) in [7, 11) is 3.18. The summed E-state index contributed by atoms with van der Waals surface area (Å²) in [6.45, 7) is -0.125. The number of amides is 2. The number of carbonyl (C=O) groups is 2. The molecule has 0 unspecified atom stereocenters. The lowest BCUT2D eigenvalue weighted by atomic mass is 10.1. The Morgan fingerprint density at radius 3 is 2.65 bits per heavy atom. The normalized spacial score (nSPS) is 9.76. The van der Waals surface area contributed by atoms with Crippen molar-refractivity contribution in [2.75, 3.05) is 26.4 Å². The van der Waals surface area contributed by atoms with E-state index in [1.165, 1.54) is 17.0 Å². The molecule has 2 amide bonds. The number of nitrogens with two attached hydrogens (primary N) is 1. The van der Waals surface area contributed by atoms with E-state index in [9.17, 15) is 14.7 Å². The van der Waals surface area contributed by atoms with Crippen molar-refractivity contribution in [3.8, 4) is 5.75 Å². The molecule has 4 N–H and O–H groups in total. The summed E-state index contributed by atoms with van der Waals surface area (Å²) in [5.74, 6) is -1.05. The van der Waals surface area contributed by atoms with E-state index in [1.807, 2.05) is 0 Å². The number of hydrogen-bond donors (Lipinski definition) is 3. The van der Waals surface area contributed by atoms with Crippen LogP contribution in [0, 0.1) is 0 Å². The second kappa shape index (κ2) is 5.20. The molecule has 17 heavy (non-hydrogen) atoms. The fraction of sp³-hybridized carbons (Fsp3) is 0.273. The Morgan fingerprint density at radius 2 is 2.06 bits per heavy atom. The number of para-hydroxylation sites is 1. The van der Waals surface area contributed by atoms with E-state index in [0.29, 0.717) is 0 Å². The first-order valence-corrected chi connectivity index (χ1v) is 4.99. The van der Waals surface area contributed by atoms with Gasteiger partial charge in [0.2, 0.25) is 5.91 Å². The molecule has 6 heteroatoms. The average molecular weight is 237 g/mol. The molecule has 0 fully saturated rings. The molecule has 6 nitrogen and oxygen atoms in total. The summed E-state index contributed by atoms with van der Waals surface area (Å²) in [4.78, 5) is 24.3. The average Bonchev–Trinajstić information content (AvgIpc) is 2.29. The van der Waals surface area contributed by atoms with E-state index in [0.717, 1.165) is 0 Å². The molecule has 0 heterocycles. The van der Waals surface area contributed by atoms with Crippen LogP contribution in [0.5, 0.6) is 5.75 Å². The van der Waals surface area contributed by atoms with Gasteiger partial charge >= 0.3 is 0 Å². The molecule has 92 valence electrons. The summed E-state index contributed by atoms with van der Waals surface area (Å²) in [5, 5.41) is 12.0. The van der Waals surface area contributed by atoms with Gasteiger partial charge in [0.1, 0.15) is 0 Å². The van der Waals surface area contributed by atoms with E-state index in [4.69, 9.17) is 5.73 Å². The number of benzene rings is 1. The lowest BCUT2D eigenvalue weighted by Gasteiger charge is -2.11.